The van der Waals surface area contributed by atoms with E-state index in [-0.39, 0.29) is 11.7 Å². The molecule has 0 radical (unpaired) electrons. The fourth-order valence-electron chi connectivity index (χ4n) is 1.21. The molecule has 0 aromatic heterocycles. The number of hydrogen-bond acceptors (Lipinski definition) is 4. The van der Waals surface area contributed by atoms with Crippen molar-refractivity contribution in [3.8, 4) is 0 Å². The summed E-state index contributed by atoms with van der Waals surface area (Å²) in [6.07, 6.45) is 2.20. The molecular formula is C11H21NO4S. The number of unbranched alkanes of at least 4 members (excludes halogenated alkanes) is 1. The minimum atomic E-state index is -0.964. The summed E-state index contributed by atoms with van der Waals surface area (Å²) < 4.78 is 4.85. The van der Waals surface area contributed by atoms with Crippen LogP contribution in [0, 0.1) is 0 Å². The maximum absolute atomic E-state index is 11.4. The van der Waals surface area contributed by atoms with Crippen molar-refractivity contribution in [1.29, 1.82) is 0 Å². The summed E-state index contributed by atoms with van der Waals surface area (Å²) in [4.78, 5) is 22.3. The number of thioether (sulfide) groups is 1. The topological polar surface area (TPSA) is 75.6 Å². The molecule has 0 unspecified atom stereocenters. The minimum Gasteiger partial charge on any atom is -0.480 e. The Kier molecular flexibility index (Phi) is 9.95. The molecule has 0 saturated heterocycles. The van der Waals surface area contributed by atoms with Crippen LogP contribution in [-0.4, -0.2) is 48.2 Å². The first-order chi connectivity index (χ1) is 8.11. The average Bonchev–Trinajstić information content (AvgIpc) is 2.29. The van der Waals surface area contributed by atoms with Crippen molar-refractivity contribution in [2.75, 3.05) is 25.2 Å². The molecule has 0 heterocycles. The first kappa shape index (κ1) is 16.2. The van der Waals surface area contributed by atoms with E-state index in [1.54, 1.807) is 7.11 Å². The Hall–Kier alpha value is -0.750. The third-order valence-electron chi connectivity index (χ3n) is 2.14. The Morgan fingerprint density at radius 3 is 2.71 bits per heavy atom. The van der Waals surface area contributed by atoms with Crippen LogP contribution < -0.4 is 5.32 Å². The van der Waals surface area contributed by atoms with Gasteiger partial charge in [-0.25, -0.2) is 4.79 Å². The summed E-state index contributed by atoms with van der Waals surface area (Å²) in [5.74, 6) is -0.182. The van der Waals surface area contributed by atoms with Crippen LogP contribution in [0.4, 0.5) is 0 Å². The normalized spacial score (nSPS) is 12.1. The van der Waals surface area contributed by atoms with Gasteiger partial charge in [0.2, 0.25) is 5.91 Å². The monoisotopic (exact) mass is 263 g/mol. The molecule has 17 heavy (non-hydrogen) atoms. The van der Waals surface area contributed by atoms with Crippen molar-refractivity contribution in [2.24, 2.45) is 0 Å². The number of carboxylic acids is 1. The summed E-state index contributed by atoms with van der Waals surface area (Å²) in [6, 6.07) is -0.759. The molecule has 0 aliphatic carbocycles. The van der Waals surface area contributed by atoms with Crippen molar-refractivity contribution < 1.29 is 19.4 Å². The van der Waals surface area contributed by atoms with E-state index in [1.165, 1.54) is 11.8 Å². The van der Waals surface area contributed by atoms with Gasteiger partial charge in [0.25, 0.3) is 0 Å². The number of carbonyl (C=O) groups is 2. The summed E-state index contributed by atoms with van der Waals surface area (Å²) in [6.45, 7) is 2.58. The standard InChI is InChI=1S/C11H21NO4S/c1-3-4-5-9(11(14)15)12-10(13)8-17-7-6-16-2/h9H,3-8H2,1-2H3,(H,12,13)(H,14,15)/t9-/m0/s1. The maximum Gasteiger partial charge on any atom is 0.326 e. The zero-order valence-electron chi connectivity index (χ0n) is 10.4. The molecule has 0 aliphatic heterocycles. The van der Waals surface area contributed by atoms with E-state index >= 15 is 0 Å². The van der Waals surface area contributed by atoms with Gasteiger partial charge < -0.3 is 15.2 Å². The molecule has 6 heteroatoms. The molecule has 0 spiro atoms. The summed E-state index contributed by atoms with van der Waals surface area (Å²) >= 11 is 1.43. The van der Waals surface area contributed by atoms with Crippen LogP contribution in [-0.2, 0) is 14.3 Å². The fraction of sp³-hybridized carbons (Fsp3) is 0.818. The lowest BCUT2D eigenvalue weighted by molar-refractivity contribution is -0.141. The molecule has 0 aliphatic rings. The first-order valence-electron chi connectivity index (χ1n) is 5.70. The lowest BCUT2D eigenvalue weighted by Crippen LogP contribution is -2.41. The average molecular weight is 263 g/mol. The van der Waals surface area contributed by atoms with Gasteiger partial charge in [-0.3, -0.25) is 4.79 Å². The van der Waals surface area contributed by atoms with Crippen LogP contribution in [0.25, 0.3) is 0 Å². The van der Waals surface area contributed by atoms with Crippen molar-refractivity contribution in [3.63, 3.8) is 0 Å². The minimum absolute atomic E-state index is 0.227. The molecule has 5 nitrogen and oxygen atoms in total. The van der Waals surface area contributed by atoms with Crippen LogP contribution in [0.2, 0.25) is 0 Å². The number of carboxylic acid groups (broad SMARTS) is 1. The SMILES string of the molecule is CCCC[C@H](NC(=O)CSCCOC)C(=O)O. The Morgan fingerprint density at radius 2 is 2.18 bits per heavy atom. The van der Waals surface area contributed by atoms with Gasteiger partial charge in [-0.1, -0.05) is 19.8 Å². The molecule has 1 amide bonds. The highest BCUT2D eigenvalue weighted by atomic mass is 32.2. The quantitative estimate of drug-likeness (QED) is 0.578. The maximum atomic E-state index is 11.4. The number of nitrogens with one attached hydrogen (secondary N) is 1. The van der Waals surface area contributed by atoms with Gasteiger partial charge in [-0.2, -0.15) is 0 Å². The zero-order valence-corrected chi connectivity index (χ0v) is 11.2. The highest BCUT2D eigenvalue weighted by molar-refractivity contribution is 7.99. The van der Waals surface area contributed by atoms with Crippen LogP contribution in [0.15, 0.2) is 0 Å². The molecule has 2 N–H and O–H groups in total. The Labute approximate surface area is 106 Å². The number of ether oxygens (including phenoxy) is 1. The largest absolute Gasteiger partial charge is 0.480 e. The lowest BCUT2D eigenvalue weighted by atomic mass is 10.1. The number of carbonyl (C=O) groups excluding carboxylic acids is 1. The van der Waals surface area contributed by atoms with Crippen LogP contribution >= 0.6 is 11.8 Å². The van der Waals surface area contributed by atoms with E-state index in [0.717, 1.165) is 18.6 Å². The zero-order chi connectivity index (χ0) is 13.1. The smallest absolute Gasteiger partial charge is 0.326 e. The number of hydrogen-bond donors (Lipinski definition) is 2. The molecule has 0 rings (SSSR count). The van der Waals surface area contributed by atoms with Gasteiger partial charge in [0.1, 0.15) is 6.04 Å². The summed E-state index contributed by atoms with van der Waals surface area (Å²) in [5, 5.41) is 11.4. The van der Waals surface area contributed by atoms with Gasteiger partial charge >= 0.3 is 5.97 Å². The number of amides is 1. The Morgan fingerprint density at radius 1 is 1.47 bits per heavy atom. The van der Waals surface area contributed by atoms with Gasteiger partial charge in [0.05, 0.1) is 12.4 Å². The number of methoxy groups -OCH3 is 1. The second-order valence-electron chi connectivity index (χ2n) is 3.65. The van der Waals surface area contributed by atoms with E-state index in [4.69, 9.17) is 9.84 Å². The molecule has 0 fully saturated rings. The van der Waals surface area contributed by atoms with Gasteiger partial charge in [-0.05, 0) is 6.42 Å². The van der Waals surface area contributed by atoms with Gasteiger partial charge in [-0.15, -0.1) is 11.8 Å². The van der Waals surface area contributed by atoms with E-state index in [1.807, 2.05) is 6.92 Å². The van der Waals surface area contributed by atoms with Crippen molar-refractivity contribution in [3.05, 3.63) is 0 Å². The van der Waals surface area contributed by atoms with Crippen LogP contribution in [0.3, 0.4) is 0 Å². The molecule has 0 aromatic rings. The highest BCUT2D eigenvalue weighted by Gasteiger charge is 2.18. The number of rotatable bonds is 10. The second-order valence-corrected chi connectivity index (χ2v) is 4.75. The van der Waals surface area contributed by atoms with E-state index in [9.17, 15) is 9.59 Å². The second kappa shape index (κ2) is 10.4. The lowest BCUT2D eigenvalue weighted by Gasteiger charge is -2.13. The molecular weight excluding hydrogens is 242 g/mol. The van der Waals surface area contributed by atoms with Crippen LogP contribution in [0.5, 0.6) is 0 Å². The van der Waals surface area contributed by atoms with Crippen molar-refractivity contribution in [1.82, 2.24) is 5.32 Å². The predicted octanol–water partition coefficient (Wildman–Crippen LogP) is 1.13. The summed E-state index contributed by atoms with van der Waals surface area (Å²) in [5.41, 5.74) is 0. The van der Waals surface area contributed by atoms with Crippen LogP contribution in [0.1, 0.15) is 26.2 Å². The molecule has 0 bridgehead atoms. The van der Waals surface area contributed by atoms with E-state index in [2.05, 4.69) is 5.32 Å². The molecule has 0 saturated carbocycles. The first-order valence-corrected chi connectivity index (χ1v) is 6.86. The molecule has 0 aromatic carbocycles. The van der Waals surface area contributed by atoms with Gasteiger partial charge in [0, 0.05) is 12.9 Å². The van der Waals surface area contributed by atoms with E-state index < -0.39 is 12.0 Å². The van der Waals surface area contributed by atoms with E-state index in [0.29, 0.717) is 13.0 Å². The fourth-order valence-corrected chi connectivity index (χ4v) is 1.91. The molecule has 1 atom stereocenters. The Bertz CT molecular complexity index is 236. The third kappa shape index (κ3) is 9.00. The Balaban J connectivity index is 3.83. The summed E-state index contributed by atoms with van der Waals surface area (Å²) in [7, 11) is 1.60. The van der Waals surface area contributed by atoms with Crippen molar-refractivity contribution >= 4 is 23.6 Å². The van der Waals surface area contributed by atoms with Gasteiger partial charge in [0.15, 0.2) is 0 Å². The third-order valence-corrected chi connectivity index (χ3v) is 3.07. The highest BCUT2D eigenvalue weighted by Crippen LogP contribution is 2.03. The predicted molar refractivity (Wildman–Crippen MR) is 68.3 cm³/mol. The number of aliphatic carboxylic acids is 1. The molecule has 100 valence electrons. The van der Waals surface area contributed by atoms with Crippen molar-refractivity contribution in [2.45, 2.75) is 32.2 Å².